The maximum absolute atomic E-state index is 5.93. The van der Waals surface area contributed by atoms with Crippen LogP contribution in [-0.2, 0) is 11.2 Å². The lowest BCUT2D eigenvalue weighted by molar-refractivity contribution is 0.00860. The number of rotatable bonds is 6. The summed E-state index contributed by atoms with van der Waals surface area (Å²) >= 11 is 7.56. The summed E-state index contributed by atoms with van der Waals surface area (Å²) in [6.45, 7) is 0.923. The molecule has 18 heavy (non-hydrogen) atoms. The van der Waals surface area contributed by atoms with Crippen molar-refractivity contribution in [2.45, 2.75) is 50.7 Å². The van der Waals surface area contributed by atoms with Crippen LogP contribution in [-0.4, -0.2) is 18.8 Å². The Morgan fingerprint density at radius 1 is 1.50 bits per heavy atom. The van der Waals surface area contributed by atoms with Crippen molar-refractivity contribution < 1.29 is 4.74 Å². The van der Waals surface area contributed by atoms with Gasteiger partial charge >= 0.3 is 0 Å². The normalized spacial score (nSPS) is 22.0. The molecule has 1 aliphatic heterocycles. The highest BCUT2D eigenvalue weighted by molar-refractivity contribution is 7.16. The first kappa shape index (κ1) is 14.3. The first-order chi connectivity index (χ1) is 8.78. The molecule has 1 fully saturated rings. The summed E-state index contributed by atoms with van der Waals surface area (Å²) < 4.78 is 6.58. The molecular formula is C13H21ClN2OS. The van der Waals surface area contributed by atoms with E-state index in [1.807, 2.05) is 6.07 Å². The molecule has 0 aromatic carbocycles. The SMILES string of the molecule is NNC(CCC1CCCCO1)Cc1ccc(Cl)s1. The van der Waals surface area contributed by atoms with Gasteiger partial charge in [0.2, 0.25) is 0 Å². The molecule has 3 N–H and O–H groups in total. The minimum Gasteiger partial charge on any atom is -0.378 e. The molecule has 2 unspecified atom stereocenters. The third-order valence-electron chi connectivity index (χ3n) is 3.42. The first-order valence-electron chi connectivity index (χ1n) is 6.60. The van der Waals surface area contributed by atoms with Crippen LogP contribution in [0.3, 0.4) is 0 Å². The number of nitrogens with one attached hydrogen (secondary N) is 1. The second kappa shape index (κ2) is 7.46. The van der Waals surface area contributed by atoms with Crippen LogP contribution in [0.15, 0.2) is 12.1 Å². The lowest BCUT2D eigenvalue weighted by atomic mass is 10.00. The molecule has 0 saturated carbocycles. The molecule has 1 aromatic rings. The van der Waals surface area contributed by atoms with Gasteiger partial charge in [0, 0.05) is 17.5 Å². The minimum absolute atomic E-state index is 0.310. The number of ether oxygens (including phenoxy) is 1. The Labute approximate surface area is 118 Å². The summed E-state index contributed by atoms with van der Waals surface area (Å²) in [4.78, 5) is 1.28. The predicted molar refractivity (Wildman–Crippen MR) is 77.0 cm³/mol. The summed E-state index contributed by atoms with van der Waals surface area (Å²) in [6, 6.07) is 4.33. The van der Waals surface area contributed by atoms with E-state index in [4.69, 9.17) is 22.2 Å². The molecule has 2 atom stereocenters. The van der Waals surface area contributed by atoms with E-state index in [2.05, 4.69) is 11.5 Å². The van der Waals surface area contributed by atoms with Crippen LogP contribution in [0.2, 0.25) is 4.34 Å². The fourth-order valence-corrected chi connectivity index (χ4v) is 3.54. The van der Waals surface area contributed by atoms with E-state index in [1.54, 1.807) is 11.3 Å². The van der Waals surface area contributed by atoms with E-state index < -0.39 is 0 Å². The fraction of sp³-hybridized carbons (Fsp3) is 0.692. The molecule has 1 saturated heterocycles. The fourth-order valence-electron chi connectivity index (χ4n) is 2.37. The highest BCUT2D eigenvalue weighted by Gasteiger charge is 2.16. The standard InChI is InChI=1S/C13H21ClN2OS/c14-13-7-6-12(18-13)9-10(16-15)4-5-11-3-1-2-8-17-11/h6-7,10-11,16H,1-5,8-9,15H2. The van der Waals surface area contributed by atoms with Gasteiger partial charge in [0.15, 0.2) is 0 Å². The van der Waals surface area contributed by atoms with Gasteiger partial charge < -0.3 is 4.74 Å². The van der Waals surface area contributed by atoms with Gasteiger partial charge in [0.05, 0.1) is 10.4 Å². The van der Waals surface area contributed by atoms with Crippen molar-refractivity contribution in [3.05, 3.63) is 21.3 Å². The van der Waals surface area contributed by atoms with Crippen molar-refractivity contribution in [2.24, 2.45) is 5.84 Å². The molecule has 102 valence electrons. The van der Waals surface area contributed by atoms with Gasteiger partial charge in [0.1, 0.15) is 0 Å². The van der Waals surface area contributed by atoms with E-state index >= 15 is 0 Å². The van der Waals surface area contributed by atoms with E-state index in [0.29, 0.717) is 12.1 Å². The molecule has 2 rings (SSSR count). The Morgan fingerprint density at radius 3 is 3.00 bits per heavy atom. The van der Waals surface area contributed by atoms with E-state index in [1.165, 1.54) is 24.1 Å². The molecule has 5 heteroatoms. The van der Waals surface area contributed by atoms with Gasteiger partial charge in [-0.15, -0.1) is 11.3 Å². The molecule has 1 aromatic heterocycles. The molecule has 0 aliphatic carbocycles. The molecule has 0 spiro atoms. The molecule has 2 heterocycles. The molecule has 0 amide bonds. The summed E-state index contributed by atoms with van der Waals surface area (Å²) in [5, 5.41) is 0. The van der Waals surface area contributed by atoms with Crippen LogP contribution < -0.4 is 11.3 Å². The summed E-state index contributed by atoms with van der Waals surface area (Å²) in [7, 11) is 0. The molecule has 3 nitrogen and oxygen atoms in total. The zero-order valence-electron chi connectivity index (χ0n) is 10.5. The number of hydrogen-bond donors (Lipinski definition) is 2. The van der Waals surface area contributed by atoms with Crippen molar-refractivity contribution in [1.82, 2.24) is 5.43 Å². The Morgan fingerprint density at radius 2 is 2.39 bits per heavy atom. The van der Waals surface area contributed by atoms with Crippen molar-refractivity contribution in [1.29, 1.82) is 0 Å². The average Bonchev–Trinajstić information content (AvgIpc) is 2.81. The zero-order chi connectivity index (χ0) is 12.8. The third kappa shape index (κ3) is 4.52. The van der Waals surface area contributed by atoms with Crippen molar-refractivity contribution in [2.75, 3.05) is 6.61 Å². The van der Waals surface area contributed by atoms with E-state index in [9.17, 15) is 0 Å². The second-order valence-electron chi connectivity index (χ2n) is 4.84. The molecule has 0 radical (unpaired) electrons. The van der Waals surface area contributed by atoms with Crippen LogP contribution in [0.1, 0.15) is 37.0 Å². The van der Waals surface area contributed by atoms with Crippen molar-refractivity contribution in [3.8, 4) is 0 Å². The van der Waals surface area contributed by atoms with Gasteiger partial charge in [-0.25, -0.2) is 0 Å². The number of nitrogens with two attached hydrogens (primary N) is 1. The van der Waals surface area contributed by atoms with Crippen LogP contribution in [0.5, 0.6) is 0 Å². The van der Waals surface area contributed by atoms with Crippen LogP contribution in [0.4, 0.5) is 0 Å². The van der Waals surface area contributed by atoms with Crippen molar-refractivity contribution >= 4 is 22.9 Å². The van der Waals surface area contributed by atoms with Gasteiger partial charge in [-0.3, -0.25) is 11.3 Å². The monoisotopic (exact) mass is 288 g/mol. The van der Waals surface area contributed by atoms with Gasteiger partial charge in [0.25, 0.3) is 0 Å². The van der Waals surface area contributed by atoms with Crippen LogP contribution >= 0.6 is 22.9 Å². The average molecular weight is 289 g/mol. The Kier molecular flexibility index (Phi) is 5.92. The van der Waals surface area contributed by atoms with Gasteiger partial charge in [-0.05, 0) is 50.7 Å². The van der Waals surface area contributed by atoms with Crippen LogP contribution in [0, 0.1) is 0 Å². The van der Waals surface area contributed by atoms with Crippen molar-refractivity contribution in [3.63, 3.8) is 0 Å². The minimum atomic E-state index is 0.310. The van der Waals surface area contributed by atoms with Gasteiger partial charge in [-0.2, -0.15) is 0 Å². The maximum atomic E-state index is 5.93. The summed E-state index contributed by atoms with van der Waals surface area (Å²) in [5.41, 5.74) is 2.91. The smallest absolute Gasteiger partial charge is 0.0931 e. The number of hydrazine groups is 1. The summed E-state index contributed by atoms with van der Waals surface area (Å²) in [6.07, 6.45) is 7.23. The Balaban J connectivity index is 1.74. The number of thiophene rings is 1. The lowest BCUT2D eigenvalue weighted by Gasteiger charge is -2.24. The zero-order valence-corrected chi connectivity index (χ0v) is 12.1. The first-order valence-corrected chi connectivity index (χ1v) is 7.79. The van der Waals surface area contributed by atoms with Gasteiger partial charge in [-0.1, -0.05) is 11.6 Å². The molecular weight excluding hydrogens is 268 g/mol. The topological polar surface area (TPSA) is 47.3 Å². The van der Waals surface area contributed by atoms with E-state index in [-0.39, 0.29) is 0 Å². The third-order valence-corrected chi connectivity index (χ3v) is 4.68. The largest absolute Gasteiger partial charge is 0.378 e. The lowest BCUT2D eigenvalue weighted by Crippen LogP contribution is -2.37. The number of halogens is 1. The Bertz CT molecular complexity index is 353. The maximum Gasteiger partial charge on any atom is 0.0931 e. The molecule has 0 bridgehead atoms. The number of hydrogen-bond acceptors (Lipinski definition) is 4. The Hall–Kier alpha value is -0.130. The summed E-state index contributed by atoms with van der Waals surface area (Å²) in [5.74, 6) is 5.62. The van der Waals surface area contributed by atoms with E-state index in [0.717, 1.165) is 30.2 Å². The highest BCUT2D eigenvalue weighted by Crippen LogP contribution is 2.24. The molecule has 1 aliphatic rings. The predicted octanol–water partition coefficient (Wildman–Crippen LogP) is 3.13. The highest BCUT2D eigenvalue weighted by atomic mass is 35.5. The second-order valence-corrected chi connectivity index (χ2v) is 6.64. The quantitative estimate of drug-likeness (QED) is 0.624. The van der Waals surface area contributed by atoms with Crippen LogP contribution in [0.25, 0.3) is 0 Å².